The molecular formula is C14H16O3. The predicted octanol–water partition coefficient (Wildman–Crippen LogP) is 1.38. The minimum absolute atomic E-state index is 0.163. The highest BCUT2D eigenvalue weighted by molar-refractivity contribution is 5.88. The average Bonchev–Trinajstić information content (AvgIpc) is 2.32. The van der Waals surface area contributed by atoms with Crippen LogP contribution >= 0.6 is 0 Å². The lowest BCUT2D eigenvalue weighted by Crippen LogP contribution is -2.00. The molecule has 0 aromatic carbocycles. The van der Waals surface area contributed by atoms with Gasteiger partial charge in [0.05, 0.1) is 6.61 Å². The summed E-state index contributed by atoms with van der Waals surface area (Å²) < 4.78 is 9.66. The van der Waals surface area contributed by atoms with Crippen LogP contribution in [0.3, 0.4) is 0 Å². The lowest BCUT2D eigenvalue weighted by molar-refractivity contribution is -0.136. The number of esters is 1. The Bertz CT molecular complexity index is 390. The average molecular weight is 232 g/mol. The van der Waals surface area contributed by atoms with E-state index in [1.54, 1.807) is 6.92 Å². The van der Waals surface area contributed by atoms with E-state index >= 15 is 0 Å². The minimum atomic E-state index is -0.535. The standard InChI is InChI=1S/C14H16O3/c1-3-5-6-7-8-9-12-16-13-10-11-14(15)17-4-2/h3-5,12-13H2,1-2H3. The fraction of sp³-hybridized carbons (Fsp3) is 0.500. The SMILES string of the molecule is CCCC#CC#CCOCC#CC(=O)OCC. The third-order valence-electron chi connectivity index (χ3n) is 1.43. The highest BCUT2D eigenvalue weighted by Gasteiger charge is 1.90. The zero-order valence-electron chi connectivity index (χ0n) is 10.3. The predicted molar refractivity (Wildman–Crippen MR) is 65.7 cm³/mol. The molecule has 0 aliphatic rings. The number of carbonyl (C=O) groups excluding carboxylic acids is 1. The zero-order chi connectivity index (χ0) is 12.8. The second-order valence-corrected chi connectivity index (χ2v) is 2.87. The molecule has 0 aliphatic heterocycles. The number of rotatable bonds is 4. The molecule has 3 nitrogen and oxygen atoms in total. The molecule has 0 saturated carbocycles. The third-order valence-corrected chi connectivity index (χ3v) is 1.43. The Hall–Kier alpha value is -1.89. The van der Waals surface area contributed by atoms with E-state index in [2.05, 4.69) is 47.2 Å². The molecule has 17 heavy (non-hydrogen) atoms. The van der Waals surface area contributed by atoms with Crippen molar-refractivity contribution in [3.05, 3.63) is 0 Å². The summed E-state index contributed by atoms with van der Waals surface area (Å²) in [5.41, 5.74) is 0. The van der Waals surface area contributed by atoms with Crippen molar-refractivity contribution in [2.75, 3.05) is 19.8 Å². The van der Waals surface area contributed by atoms with Gasteiger partial charge in [-0.05, 0) is 25.2 Å². The molecule has 0 fully saturated rings. The second kappa shape index (κ2) is 12.2. The Balaban J connectivity index is 3.59. The van der Waals surface area contributed by atoms with Crippen LogP contribution in [-0.4, -0.2) is 25.8 Å². The Morgan fingerprint density at radius 1 is 1.06 bits per heavy atom. The molecule has 0 aliphatic carbocycles. The molecule has 0 aromatic heterocycles. The van der Waals surface area contributed by atoms with E-state index in [-0.39, 0.29) is 13.2 Å². The van der Waals surface area contributed by atoms with Gasteiger partial charge in [-0.2, -0.15) is 0 Å². The van der Waals surface area contributed by atoms with Crippen LogP contribution in [0.2, 0.25) is 0 Å². The Kier molecular flexibility index (Phi) is 10.8. The summed E-state index contributed by atoms with van der Waals surface area (Å²) in [7, 11) is 0. The number of hydrogen-bond acceptors (Lipinski definition) is 3. The Morgan fingerprint density at radius 3 is 2.47 bits per heavy atom. The van der Waals surface area contributed by atoms with Crippen LogP contribution in [0.1, 0.15) is 26.7 Å². The number of unbranched alkanes of at least 4 members (excludes halogenated alkanes) is 1. The molecule has 0 saturated heterocycles. The fourth-order valence-corrected chi connectivity index (χ4v) is 0.740. The summed E-state index contributed by atoms with van der Waals surface area (Å²) in [4.78, 5) is 10.8. The van der Waals surface area contributed by atoms with Crippen molar-refractivity contribution in [3.8, 4) is 35.5 Å². The summed E-state index contributed by atoms with van der Waals surface area (Å²) in [6, 6.07) is 0. The number of carbonyl (C=O) groups is 1. The van der Waals surface area contributed by atoms with Crippen molar-refractivity contribution in [2.45, 2.75) is 26.7 Å². The van der Waals surface area contributed by atoms with Gasteiger partial charge in [-0.25, -0.2) is 4.79 Å². The van der Waals surface area contributed by atoms with Gasteiger partial charge in [0.15, 0.2) is 0 Å². The summed E-state index contributed by atoms with van der Waals surface area (Å²) >= 11 is 0. The maximum atomic E-state index is 10.8. The van der Waals surface area contributed by atoms with E-state index in [0.717, 1.165) is 12.8 Å². The summed E-state index contributed by atoms with van der Waals surface area (Å²) in [5.74, 6) is 15.3. The Labute approximate surface area is 103 Å². The van der Waals surface area contributed by atoms with Gasteiger partial charge in [0, 0.05) is 12.3 Å². The van der Waals surface area contributed by atoms with Gasteiger partial charge in [-0.15, -0.1) is 0 Å². The van der Waals surface area contributed by atoms with Crippen LogP contribution in [0.5, 0.6) is 0 Å². The molecule has 0 N–H and O–H groups in total. The first-order valence-electron chi connectivity index (χ1n) is 5.50. The topological polar surface area (TPSA) is 35.5 Å². The highest BCUT2D eigenvalue weighted by atomic mass is 16.5. The van der Waals surface area contributed by atoms with Crippen molar-refractivity contribution < 1.29 is 14.3 Å². The molecule has 0 aromatic rings. The van der Waals surface area contributed by atoms with Crippen molar-refractivity contribution in [3.63, 3.8) is 0 Å². The maximum Gasteiger partial charge on any atom is 0.384 e. The van der Waals surface area contributed by atoms with Gasteiger partial charge < -0.3 is 9.47 Å². The molecule has 0 amide bonds. The van der Waals surface area contributed by atoms with Crippen LogP contribution in [0.4, 0.5) is 0 Å². The number of hydrogen-bond donors (Lipinski definition) is 0. The summed E-state index contributed by atoms with van der Waals surface area (Å²) in [6.45, 7) is 4.54. The van der Waals surface area contributed by atoms with E-state index in [4.69, 9.17) is 4.74 Å². The number of ether oxygens (including phenoxy) is 2. The van der Waals surface area contributed by atoms with Crippen molar-refractivity contribution in [2.24, 2.45) is 0 Å². The molecule has 0 rings (SSSR count). The largest absolute Gasteiger partial charge is 0.456 e. The van der Waals surface area contributed by atoms with Gasteiger partial charge >= 0.3 is 5.97 Å². The summed E-state index contributed by atoms with van der Waals surface area (Å²) in [6.07, 6.45) is 1.90. The van der Waals surface area contributed by atoms with E-state index in [9.17, 15) is 4.79 Å². The van der Waals surface area contributed by atoms with Crippen LogP contribution in [0.25, 0.3) is 0 Å². The maximum absolute atomic E-state index is 10.8. The van der Waals surface area contributed by atoms with Crippen molar-refractivity contribution in [1.29, 1.82) is 0 Å². The van der Waals surface area contributed by atoms with E-state index in [1.165, 1.54) is 0 Å². The smallest absolute Gasteiger partial charge is 0.384 e. The first-order chi connectivity index (χ1) is 8.31. The van der Waals surface area contributed by atoms with Crippen LogP contribution in [0, 0.1) is 35.5 Å². The minimum Gasteiger partial charge on any atom is -0.456 e. The van der Waals surface area contributed by atoms with E-state index in [0.29, 0.717) is 6.61 Å². The lowest BCUT2D eigenvalue weighted by Gasteiger charge is -1.91. The van der Waals surface area contributed by atoms with Gasteiger partial charge in [-0.1, -0.05) is 24.7 Å². The molecule has 3 heteroatoms. The first-order valence-corrected chi connectivity index (χ1v) is 5.50. The molecule has 0 spiro atoms. The lowest BCUT2D eigenvalue weighted by atomic mass is 10.3. The molecule has 90 valence electrons. The molecule has 0 heterocycles. The molecule has 0 bridgehead atoms. The van der Waals surface area contributed by atoms with Crippen molar-refractivity contribution >= 4 is 5.97 Å². The zero-order valence-corrected chi connectivity index (χ0v) is 10.3. The second-order valence-electron chi connectivity index (χ2n) is 2.87. The fourth-order valence-electron chi connectivity index (χ4n) is 0.740. The Morgan fingerprint density at radius 2 is 1.76 bits per heavy atom. The van der Waals surface area contributed by atoms with Gasteiger partial charge in [-0.3, -0.25) is 0 Å². The van der Waals surface area contributed by atoms with Gasteiger partial charge in [0.1, 0.15) is 13.2 Å². The van der Waals surface area contributed by atoms with Crippen molar-refractivity contribution in [1.82, 2.24) is 0 Å². The monoisotopic (exact) mass is 232 g/mol. The summed E-state index contributed by atoms with van der Waals surface area (Å²) in [5, 5.41) is 0. The molecule has 0 unspecified atom stereocenters. The molecular weight excluding hydrogens is 216 g/mol. The van der Waals surface area contributed by atoms with E-state index < -0.39 is 5.97 Å². The third kappa shape index (κ3) is 12.0. The highest BCUT2D eigenvalue weighted by Crippen LogP contribution is 1.79. The normalized spacial score (nSPS) is 7.65. The van der Waals surface area contributed by atoms with Gasteiger partial charge in [0.25, 0.3) is 0 Å². The van der Waals surface area contributed by atoms with Gasteiger partial charge in [0.2, 0.25) is 0 Å². The van der Waals surface area contributed by atoms with Crippen LogP contribution in [-0.2, 0) is 14.3 Å². The van der Waals surface area contributed by atoms with Crippen LogP contribution in [0.15, 0.2) is 0 Å². The van der Waals surface area contributed by atoms with E-state index in [1.807, 2.05) is 0 Å². The molecule has 0 radical (unpaired) electrons. The van der Waals surface area contributed by atoms with Crippen LogP contribution < -0.4 is 0 Å². The molecule has 0 atom stereocenters. The first kappa shape index (κ1) is 15.1. The quantitative estimate of drug-likeness (QED) is 0.318.